The van der Waals surface area contributed by atoms with Crippen LogP contribution in [0.15, 0.2) is 35.6 Å². The normalized spacial score (nSPS) is 11.0. The van der Waals surface area contributed by atoms with Crippen molar-refractivity contribution in [2.45, 2.75) is 26.3 Å². The summed E-state index contributed by atoms with van der Waals surface area (Å²) in [6, 6.07) is 7.33. The number of nitrogens with one attached hydrogen (secondary N) is 2. The zero-order valence-electron chi connectivity index (χ0n) is 14.1. The summed E-state index contributed by atoms with van der Waals surface area (Å²) in [5, 5.41) is 19.8. The third kappa shape index (κ3) is 6.73. The lowest BCUT2D eigenvalue weighted by Crippen LogP contribution is -2.38. The molecule has 24 heavy (non-hydrogen) atoms. The maximum atomic E-state index is 9.27. The highest BCUT2D eigenvalue weighted by atomic mass is 127. The Morgan fingerprint density at radius 2 is 2.00 bits per heavy atom. The highest BCUT2D eigenvalue weighted by Crippen LogP contribution is 2.10. The average Bonchev–Trinajstić information content (AvgIpc) is 2.96. The number of halogens is 1. The van der Waals surface area contributed by atoms with Crippen LogP contribution in [-0.4, -0.2) is 38.9 Å². The van der Waals surface area contributed by atoms with Gasteiger partial charge in [-0.05, 0) is 37.5 Å². The zero-order chi connectivity index (χ0) is 16.5. The molecule has 0 radical (unpaired) electrons. The van der Waals surface area contributed by atoms with Gasteiger partial charge in [0, 0.05) is 20.1 Å². The highest BCUT2D eigenvalue weighted by molar-refractivity contribution is 14.0. The molecule has 0 fully saturated rings. The van der Waals surface area contributed by atoms with Crippen LogP contribution in [0.5, 0.6) is 5.75 Å². The average molecular weight is 444 g/mol. The van der Waals surface area contributed by atoms with Gasteiger partial charge in [-0.15, -0.1) is 24.0 Å². The number of phenolic OH excluding ortho intramolecular Hbond substituents is 1. The van der Waals surface area contributed by atoms with Crippen LogP contribution < -0.4 is 10.6 Å². The molecular weight excluding hydrogens is 419 g/mol. The van der Waals surface area contributed by atoms with Crippen molar-refractivity contribution in [3.8, 4) is 5.75 Å². The van der Waals surface area contributed by atoms with Crippen molar-refractivity contribution in [2.24, 2.45) is 12.0 Å². The fraction of sp³-hybridized carbons (Fsp3) is 0.438. The number of aliphatic imine (C=N–C) groups is 1. The fourth-order valence-electron chi connectivity index (χ4n) is 2.12. The largest absolute Gasteiger partial charge is 0.508 e. The molecule has 3 N–H and O–H groups in total. The summed E-state index contributed by atoms with van der Waals surface area (Å²) in [7, 11) is 1.86. The number of aromatic nitrogens is 3. The van der Waals surface area contributed by atoms with Crippen molar-refractivity contribution in [1.82, 2.24) is 25.4 Å². The first-order chi connectivity index (χ1) is 11.2. The predicted molar refractivity (Wildman–Crippen MR) is 106 cm³/mol. The molecule has 132 valence electrons. The summed E-state index contributed by atoms with van der Waals surface area (Å²) in [6.07, 6.45) is 3.47. The molecule has 1 aromatic carbocycles. The second kappa shape index (κ2) is 10.8. The number of aromatic hydroxyl groups is 1. The Morgan fingerprint density at radius 3 is 2.62 bits per heavy atom. The van der Waals surface area contributed by atoms with Gasteiger partial charge in [-0.1, -0.05) is 12.1 Å². The molecule has 2 aromatic rings. The standard InChI is InChI=1S/C16H24N6O.HI/c1-3-17-16(19-11-15-20-12-21-22(15)2)18-10-4-5-13-6-8-14(23)9-7-13;/h6-9,12,23H,3-5,10-11H2,1-2H3,(H2,17,18,19);1H. The van der Waals surface area contributed by atoms with E-state index in [1.54, 1.807) is 16.8 Å². The van der Waals surface area contributed by atoms with Crippen molar-refractivity contribution >= 4 is 29.9 Å². The van der Waals surface area contributed by atoms with Crippen LogP contribution in [0.4, 0.5) is 0 Å². The minimum absolute atomic E-state index is 0. The van der Waals surface area contributed by atoms with Gasteiger partial charge < -0.3 is 15.7 Å². The molecule has 0 aliphatic carbocycles. The van der Waals surface area contributed by atoms with Crippen molar-refractivity contribution < 1.29 is 5.11 Å². The number of aryl methyl sites for hydroxylation is 2. The summed E-state index contributed by atoms with van der Waals surface area (Å²) < 4.78 is 1.72. The number of rotatable bonds is 7. The summed E-state index contributed by atoms with van der Waals surface area (Å²) >= 11 is 0. The van der Waals surface area contributed by atoms with Crippen LogP contribution in [0, 0.1) is 0 Å². The second-order valence-electron chi connectivity index (χ2n) is 5.19. The van der Waals surface area contributed by atoms with Gasteiger partial charge in [0.2, 0.25) is 0 Å². The molecule has 1 aromatic heterocycles. The van der Waals surface area contributed by atoms with E-state index in [-0.39, 0.29) is 24.0 Å². The Balaban J connectivity index is 0.00000288. The van der Waals surface area contributed by atoms with Gasteiger partial charge in [0.15, 0.2) is 5.96 Å². The van der Waals surface area contributed by atoms with Gasteiger partial charge >= 0.3 is 0 Å². The number of phenols is 1. The highest BCUT2D eigenvalue weighted by Gasteiger charge is 2.01. The van der Waals surface area contributed by atoms with E-state index in [9.17, 15) is 5.11 Å². The smallest absolute Gasteiger partial charge is 0.191 e. The Labute approximate surface area is 159 Å². The third-order valence-electron chi connectivity index (χ3n) is 3.40. The van der Waals surface area contributed by atoms with E-state index >= 15 is 0 Å². The van der Waals surface area contributed by atoms with Crippen LogP contribution in [0.3, 0.4) is 0 Å². The molecule has 8 heteroatoms. The van der Waals surface area contributed by atoms with E-state index in [4.69, 9.17) is 0 Å². The molecule has 2 rings (SSSR count). The quantitative estimate of drug-likeness (QED) is 0.263. The summed E-state index contributed by atoms with van der Waals surface area (Å²) in [5.74, 6) is 1.91. The number of guanidine groups is 1. The summed E-state index contributed by atoms with van der Waals surface area (Å²) in [6.45, 7) is 4.16. The van der Waals surface area contributed by atoms with Crippen LogP contribution in [0.1, 0.15) is 24.7 Å². The zero-order valence-corrected chi connectivity index (χ0v) is 16.4. The lowest BCUT2D eigenvalue weighted by Gasteiger charge is -2.11. The van der Waals surface area contributed by atoms with Gasteiger partial charge in [0.1, 0.15) is 24.4 Å². The number of hydrogen-bond acceptors (Lipinski definition) is 4. The van der Waals surface area contributed by atoms with Crippen LogP contribution in [0.2, 0.25) is 0 Å². The molecule has 7 nitrogen and oxygen atoms in total. The van der Waals surface area contributed by atoms with E-state index in [0.29, 0.717) is 12.3 Å². The van der Waals surface area contributed by atoms with Gasteiger partial charge in [0.05, 0.1) is 0 Å². The van der Waals surface area contributed by atoms with Crippen molar-refractivity contribution in [2.75, 3.05) is 13.1 Å². The monoisotopic (exact) mass is 444 g/mol. The molecule has 1 heterocycles. The maximum Gasteiger partial charge on any atom is 0.191 e. The number of benzene rings is 1. The Kier molecular flexibility index (Phi) is 9.13. The molecule has 0 aliphatic heterocycles. The SMILES string of the molecule is CCNC(=NCc1ncnn1C)NCCCc1ccc(O)cc1.I. The van der Waals surface area contributed by atoms with Crippen molar-refractivity contribution in [3.63, 3.8) is 0 Å². The van der Waals surface area contributed by atoms with Crippen molar-refractivity contribution in [3.05, 3.63) is 42.0 Å². The van der Waals surface area contributed by atoms with E-state index in [1.165, 1.54) is 11.9 Å². The fourth-order valence-corrected chi connectivity index (χ4v) is 2.12. The topological polar surface area (TPSA) is 87.4 Å². The lowest BCUT2D eigenvalue weighted by atomic mass is 10.1. The van der Waals surface area contributed by atoms with E-state index in [0.717, 1.165) is 37.7 Å². The minimum Gasteiger partial charge on any atom is -0.508 e. The number of nitrogens with zero attached hydrogens (tertiary/aromatic N) is 4. The molecule has 0 saturated carbocycles. The Morgan fingerprint density at radius 1 is 1.25 bits per heavy atom. The van der Waals surface area contributed by atoms with E-state index < -0.39 is 0 Å². The summed E-state index contributed by atoms with van der Waals surface area (Å²) in [4.78, 5) is 8.67. The van der Waals surface area contributed by atoms with Gasteiger partial charge in [0.25, 0.3) is 0 Å². The van der Waals surface area contributed by atoms with Crippen LogP contribution >= 0.6 is 24.0 Å². The third-order valence-corrected chi connectivity index (χ3v) is 3.40. The first-order valence-corrected chi connectivity index (χ1v) is 7.82. The van der Waals surface area contributed by atoms with Crippen LogP contribution in [0.25, 0.3) is 0 Å². The predicted octanol–water partition coefficient (Wildman–Crippen LogP) is 1.83. The van der Waals surface area contributed by atoms with Gasteiger partial charge in [-0.25, -0.2) is 9.98 Å². The number of hydrogen-bond donors (Lipinski definition) is 3. The minimum atomic E-state index is 0. The molecule has 0 amide bonds. The van der Waals surface area contributed by atoms with Gasteiger partial charge in [-0.3, -0.25) is 4.68 Å². The van der Waals surface area contributed by atoms with E-state index in [1.807, 2.05) is 26.1 Å². The van der Waals surface area contributed by atoms with Crippen LogP contribution in [-0.2, 0) is 20.0 Å². The molecule has 0 spiro atoms. The molecule has 0 atom stereocenters. The molecular formula is C16H25IN6O. The molecule has 0 unspecified atom stereocenters. The van der Waals surface area contributed by atoms with Gasteiger partial charge in [-0.2, -0.15) is 5.10 Å². The van der Waals surface area contributed by atoms with E-state index in [2.05, 4.69) is 25.7 Å². The Bertz CT molecular complexity index is 626. The molecule has 0 aliphatic rings. The lowest BCUT2D eigenvalue weighted by molar-refractivity contribution is 0.475. The van der Waals surface area contributed by atoms with Crippen molar-refractivity contribution in [1.29, 1.82) is 0 Å². The Hall–Kier alpha value is -1.84. The maximum absolute atomic E-state index is 9.27. The molecule has 0 bridgehead atoms. The molecule has 0 saturated heterocycles. The second-order valence-corrected chi connectivity index (χ2v) is 5.19. The first kappa shape index (κ1) is 20.2. The first-order valence-electron chi connectivity index (χ1n) is 7.82. The summed E-state index contributed by atoms with van der Waals surface area (Å²) in [5.41, 5.74) is 1.21.